The average Bonchev–Trinajstić information content (AvgIpc) is 3.41. The third-order valence-electron chi connectivity index (χ3n) is 6.10. The Hall–Kier alpha value is -4.12. The van der Waals surface area contributed by atoms with E-state index in [1.54, 1.807) is 6.20 Å². The van der Waals surface area contributed by atoms with Gasteiger partial charge in [-0.1, -0.05) is 72.8 Å². The van der Waals surface area contributed by atoms with Crippen molar-refractivity contribution in [2.45, 2.75) is 12.3 Å². The molecule has 0 fully saturated rings. The second-order valence-corrected chi connectivity index (χ2v) is 8.11. The number of hydrogen-bond donors (Lipinski definition) is 2. The number of hydrogen-bond acceptors (Lipinski definition) is 3. The summed E-state index contributed by atoms with van der Waals surface area (Å²) in [5, 5.41) is 3.74. The third-order valence-corrected chi connectivity index (χ3v) is 6.10. The molecule has 5 rings (SSSR count). The van der Waals surface area contributed by atoms with Gasteiger partial charge in [-0.05, 0) is 40.3 Å². The number of benzene rings is 3. The summed E-state index contributed by atoms with van der Waals surface area (Å²) in [4.78, 5) is 26.4. The van der Waals surface area contributed by atoms with Crippen LogP contribution in [0.2, 0.25) is 0 Å². The van der Waals surface area contributed by atoms with Crippen LogP contribution in [0.4, 0.5) is 4.79 Å². The molecule has 4 aromatic rings. The molecule has 0 saturated carbocycles. The molecule has 1 aliphatic rings. The number of H-pyrrole nitrogens is 1. The number of aldehydes is 1. The van der Waals surface area contributed by atoms with E-state index in [0.29, 0.717) is 25.1 Å². The molecular formula is C28H24N2O3. The fourth-order valence-corrected chi connectivity index (χ4v) is 4.49. The van der Waals surface area contributed by atoms with E-state index in [-0.39, 0.29) is 5.92 Å². The number of amides is 1. The van der Waals surface area contributed by atoms with Crippen molar-refractivity contribution in [2.24, 2.45) is 0 Å². The van der Waals surface area contributed by atoms with Crippen LogP contribution in [0.1, 0.15) is 39.4 Å². The molecule has 0 saturated heterocycles. The van der Waals surface area contributed by atoms with Crippen LogP contribution in [-0.4, -0.2) is 30.5 Å². The Morgan fingerprint density at radius 3 is 2.45 bits per heavy atom. The predicted octanol–water partition coefficient (Wildman–Crippen LogP) is 5.92. The standard InChI is InChI=1S/C28H24N2O3/c31-17-20-16-30-27-15-19(12-13-21(20)27)7-5-6-14-29-28(32)33-18-26-24-10-3-1-8-22(24)23-9-2-4-11-25(23)26/h1-5,7-13,15-17,26,30H,6,14,18H2,(H,29,32). The fourth-order valence-electron chi connectivity index (χ4n) is 4.49. The van der Waals surface area contributed by atoms with Gasteiger partial charge in [0, 0.05) is 35.1 Å². The van der Waals surface area contributed by atoms with Crippen molar-refractivity contribution >= 4 is 29.4 Å². The largest absolute Gasteiger partial charge is 0.449 e. The van der Waals surface area contributed by atoms with Gasteiger partial charge in [0.2, 0.25) is 0 Å². The monoisotopic (exact) mass is 436 g/mol. The number of aromatic nitrogens is 1. The van der Waals surface area contributed by atoms with E-state index in [9.17, 15) is 9.59 Å². The molecule has 164 valence electrons. The number of carbonyl (C=O) groups excluding carboxylic acids is 2. The topological polar surface area (TPSA) is 71.2 Å². The lowest BCUT2D eigenvalue weighted by molar-refractivity contribution is 0.112. The summed E-state index contributed by atoms with van der Waals surface area (Å²) in [6, 6.07) is 22.5. The van der Waals surface area contributed by atoms with Crippen molar-refractivity contribution in [1.29, 1.82) is 0 Å². The fraction of sp³-hybridized carbons (Fsp3) is 0.143. The second kappa shape index (κ2) is 9.17. The summed E-state index contributed by atoms with van der Waals surface area (Å²) in [5.74, 6) is 0.0608. The van der Waals surface area contributed by atoms with Crippen molar-refractivity contribution in [1.82, 2.24) is 10.3 Å². The molecule has 1 amide bonds. The van der Waals surface area contributed by atoms with Crippen LogP contribution in [0.3, 0.4) is 0 Å². The summed E-state index contributed by atoms with van der Waals surface area (Å²) in [7, 11) is 0. The van der Waals surface area contributed by atoms with E-state index in [4.69, 9.17) is 4.74 Å². The Labute approximate surface area is 192 Å². The molecule has 0 aliphatic heterocycles. The first-order chi connectivity index (χ1) is 16.2. The molecule has 1 aliphatic carbocycles. The van der Waals surface area contributed by atoms with E-state index >= 15 is 0 Å². The van der Waals surface area contributed by atoms with Crippen LogP contribution in [0.15, 0.2) is 79.0 Å². The average molecular weight is 437 g/mol. The van der Waals surface area contributed by atoms with Crippen molar-refractivity contribution in [3.63, 3.8) is 0 Å². The van der Waals surface area contributed by atoms with Crippen LogP contribution in [0.5, 0.6) is 0 Å². The highest BCUT2D eigenvalue weighted by Gasteiger charge is 2.28. The predicted molar refractivity (Wildman–Crippen MR) is 130 cm³/mol. The summed E-state index contributed by atoms with van der Waals surface area (Å²) in [6.45, 7) is 0.807. The molecular weight excluding hydrogens is 412 g/mol. The Balaban J connectivity index is 1.12. The van der Waals surface area contributed by atoms with Crippen LogP contribution >= 0.6 is 0 Å². The minimum absolute atomic E-state index is 0.0608. The van der Waals surface area contributed by atoms with Gasteiger partial charge in [-0.25, -0.2) is 4.79 Å². The minimum Gasteiger partial charge on any atom is -0.449 e. The van der Waals surface area contributed by atoms with Crippen molar-refractivity contribution < 1.29 is 14.3 Å². The highest BCUT2D eigenvalue weighted by molar-refractivity contribution is 5.97. The lowest BCUT2D eigenvalue weighted by atomic mass is 9.98. The quantitative estimate of drug-likeness (QED) is 0.279. The molecule has 0 radical (unpaired) electrons. The lowest BCUT2D eigenvalue weighted by Crippen LogP contribution is -2.26. The zero-order valence-corrected chi connectivity index (χ0v) is 18.1. The van der Waals surface area contributed by atoms with Gasteiger partial charge in [-0.2, -0.15) is 0 Å². The van der Waals surface area contributed by atoms with E-state index in [1.165, 1.54) is 22.3 Å². The maximum Gasteiger partial charge on any atom is 0.407 e. The molecule has 1 heterocycles. The Kier molecular flexibility index (Phi) is 5.77. The number of nitrogens with one attached hydrogen (secondary N) is 2. The Bertz CT molecular complexity index is 1310. The van der Waals surface area contributed by atoms with Crippen LogP contribution in [0, 0.1) is 0 Å². The molecule has 0 spiro atoms. The Morgan fingerprint density at radius 2 is 1.73 bits per heavy atom. The third kappa shape index (κ3) is 4.17. The number of alkyl carbamates (subject to hydrolysis) is 1. The normalized spacial score (nSPS) is 12.6. The number of ether oxygens (including phenoxy) is 1. The van der Waals surface area contributed by atoms with E-state index < -0.39 is 6.09 Å². The van der Waals surface area contributed by atoms with Gasteiger partial charge in [0.1, 0.15) is 6.61 Å². The molecule has 33 heavy (non-hydrogen) atoms. The van der Waals surface area contributed by atoms with Gasteiger partial charge in [-0.15, -0.1) is 0 Å². The smallest absolute Gasteiger partial charge is 0.407 e. The second-order valence-electron chi connectivity index (χ2n) is 8.11. The highest BCUT2D eigenvalue weighted by atomic mass is 16.5. The van der Waals surface area contributed by atoms with Crippen LogP contribution < -0.4 is 5.32 Å². The first-order valence-electron chi connectivity index (χ1n) is 11.1. The zero-order chi connectivity index (χ0) is 22.6. The van der Waals surface area contributed by atoms with Gasteiger partial charge >= 0.3 is 6.09 Å². The van der Waals surface area contributed by atoms with Gasteiger partial charge in [0.25, 0.3) is 0 Å². The molecule has 0 unspecified atom stereocenters. The maximum absolute atomic E-state index is 12.2. The molecule has 1 aromatic heterocycles. The zero-order valence-electron chi connectivity index (χ0n) is 18.1. The summed E-state index contributed by atoms with van der Waals surface area (Å²) >= 11 is 0. The van der Waals surface area contributed by atoms with Crippen molar-refractivity contribution in [3.05, 3.63) is 101 Å². The lowest BCUT2D eigenvalue weighted by Gasteiger charge is -2.14. The van der Waals surface area contributed by atoms with Crippen LogP contribution in [0.25, 0.3) is 28.1 Å². The summed E-state index contributed by atoms with van der Waals surface area (Å²) < 4.78 is 5.56. The van der Waals surface area contributed by atoms with Crippen LogP contribution in [-0.2, 0) is 4.74 Å². The van der Waals surface area contributed by atoms with E-state index in [2.05, 4.69) is 34.6 Å². The summed E-state index contributed by atoms with van der Waals surface area (Å²) in [6.07, 6.45) is 6.85. The highest BCUT2D eigenvalue weighted by Crippen LogP contribution is 2.44. The van der Waals surface area contributed by atoms with Crippen molar-refractivity contribution in [3.8, 4) is 11.1 Å². The van der Waals surface area contributed by atoms with Gasteiger partial charge in [-0.3, -0.25) is 4.79 Å². The van der Waals surface area contributed by atoms with Crippen molar-refractivity contribution in [2.75, 3.05) is 13.2 Å². The molecule has 5 heteroatoms. The molecule has 5 nitrogen and oxygen atoms in total. The van der Waals surface area contributed by atoms with E-state index in [1.807, 2.05) is 54.6 Å². The first-order valence-corrected chi connectivity index (χ1v) is 11.1. The first kappa shape index (κ1) is 20.8. The Morgan fingerprint density at radius 1 is 1.00 bits per heavy atom. The molecule has 3 aromatic carbocycles. The molecule has 0 atom stereocenters. The number of carbonyl (C=O) groups is 2. The number of rotatable bonds is 7. The summed E-state index contributed by atoms with van der Waals surface area (Å²) in [5.41, 5.74) is 7.45. The SMILES string of the molecule is O=Cc1c[nH]c2cc(C=CCCNC(=O)OCC3c4ccccc4-c4ccccc43)ccc12. The molecule has 0 bridgehead atoms. The number of fused-ring (bicyclic) bond motifs is 4. The van der Waals surface area contributed by atoms with Gasteiger partial charge < -0.3 is 15.0 Å². The number of aromatic amines is 1. The minimum atomic E-state index is -0.403. The van der Waals surface area contributed by atoms with E-state index in [0.717, 1.165) is 22.8 Å². The molecule has 2 N–H and O–H groups in total. The van der Waals surface area contributed by atoms with Gasteiger partial charge in [0.15, 0.2) is 6.29 Å². The maximum atomic E-state index is 12.2. The van der Waals surface area contributed by atoms with Gasteiger partial charge in [0.05, 0.1) is 0 Å².